The van der Waals surface area contributed by atoms with Gasteiger partial charge in [-0.2, -0.15) is 0 Å². The minimum atomic E-state index is -0.593. The SMILES string of the molecule is CN1c2ccc(F)cc2C(=O)N2CCc3c([nH]c4ccc(OCc5ccccc5C(=O)NO)cc34)C21. The molecule has 36 heavy (non-hydrogen) atoms. The largest absolute Gasteiger partial charge is 0.489 e. The lowest BCUT2D eigenvalue weighted by Gasteiger charge is -2.46. The van der Waals surface area contributed by atoms with Crippen LogP contribution >= 0.6 is 0 Å². The van der Waals surface area contributed by atoms with Crippen molar-refractivity contribution >= 4 is 28.4 Å². The zero-order chi connectivity index (χ0) is 25.0. The van der Waals surface area contributed by atoms with Gasteiger partial charge >= 0.3 is 0 Å². The van der Waals surface area contributed by atoms with E-state index in [4.69, 9.17) is 9.94 Å². The summed E-state index contributed by atoms with van der Waals surface area (Å²) in [6.45, 7) is 0.668. The van der Waals surface area contributed by atoms with Crippen LogP contribution in [0.2, 0.25) is 0 Å². The number of H-pyrrole nitrogens is 1. The molecule has 9 heteroatoms. The maximum absolute atomic E-state index is 13.8. The number of nitrogens with one attached hydrogen (secondary N) is 2. The summed E-state index contributed by atoms with van der Waals surface area (Å²) in [5.41, 5.74) is 6.70. The summed E-state index contributed by atoms with van der Waals surface area (Å²) in [7, 11) is 1.91. The number of hydroxylamine groups is 1. The summed E-state index contributed by atoms with van der Waals surface area (Å²) >= 11 is 0. The summed E-state index contributed by atoms with van der Waals surface area (Å²) in [4.78, 5) is 32.4. The number of hydrogen-bond acceptors (Lipinski definition) is 5. The minimum absolute atomic E-state index is 0.155. The second kappa shape index (κ2) is 8.39. The second-order valence-electron chi connectivity index (χ2n) is 9.01. The first-order chi connectivity index (χ1) is 17.5. The highest BCUT2D eigenvalue weighted by Gasteiger charge is 2.41. The molecule has 1 aromatic heterocycles. The number of fused-ring (bicyclic) bond motifs is 6. The van der Waals surface area contributed by atoms with Crippen molar-refractivity contribution in [2.45, 2.75) is 19.2 Å². The molecule has 2 amide bonds. The molecule has 0 spiro atoms. The molecule has 0 bridgehead atoms. The Bertz CT molecular complexity index is 1530. The Labute approximate surface area is 205 Å². The average molecular weight is 487 g/mol. The van der Waals surface area contributed by atoms with Crippen LogP contribution in [0.15, 0.2) is 60.7 Å². The van der Waals surface area contributed by atoms with Crippen LogP contribution in [-0.4, -0.2) is 40.5 Å². The quantitative estimate of drug-likeness (QED) is 0.297. The van der Waals surface area contributed by atoms with Gasteiger partial charge in [-0.3, -0.25) is 14.8 Å². The van der Waals surface area contributed by atoms with Crippen LogP contribution in [-0.2, 0) is 13.0 Å². The molecule has 1 unspecified atom stereocenters. The molecule has 0 aliphatic carbocycles. The number of benzene rings is 3. The zero-order valence-corrected chi connectivity index (χ0v) is 19.4. The Morgan fingerprint density at radius 2 is 2.03 bits per heavy atom. The summed E-state index contributed by atoms with van der Waals surface area (Å²) < 4.78 is 19.9. The molecule has 2 aliphatic rings. The van der Waals surface area contributed by atoms with Gasteiger partial charge in [0.2, 0.25) is 0 Å². The van der Waals surface area contributed by atoms with Crippen molar-refractivity contribution in [3.63, 3.8) is 0 Å². The van der Waals surface area contributed by atoms with E-state index in [1.807, 2.05) is 30.1 Å². The molecular weight excluding hydrogens is 463 g/mol. The molecule has 0 saturated carbocycles. The number of anilines is 1. The Balaban J connectivity index is 1.33. The highest BCUT2D eigenvalue weighted by molar-refractivity contribution is 6.02. The highest BCUT2D eigenvalue weighted by Crippen LogP contribution is 2.43. The van der Waals surface area contributed by atoms with Crippen molar-refractivity contribution in [1.29, 1.82) is 0 Å². The number of rotatable bonds is 4. The normalized spacial score (nSPS) is 16.4. The van der Waals surface area contributed by atoms with E-state index in [2.05, 4.69) is 4.98 Å². The van der Waals surface area contributed by atoms with Crippen molar-refractivity contribution in [3.8, 4) is 5.75 Å². The number of nitrogens with zero attached hydrogens (tertiary/aromatic N) is 2. The van der Waals surface area contributed by atoms with E-state index in [1.54, 1.807) is 40.7 Å². The van der Waals surface area contributed by atoms with Gasteiger partial charge in [-0.15, -0.1) is 0 Å². The fraction of sp³-hybridized carbons (Fsp3) is 0.185. The predicted octanol–water partition coefficient (Wildman–Crippen LogP) is 4.15. The van der Waals surface area contributed by atoms with Crippen LogP contribution in [0.1, 0.15) is 43.7 Å². The van der Waals surface area contributed by atoms with Crippen molar-refractivity contribution in [2.24, 2.45) is 0 Å². The van der Waals surface area contributed by atoms with Gasteiger partial charge in [0.15, 0.2) is 0 Å². The summed E-state index contributed by atoms with van der Waals surface area (Å²) in [6.07, 6.45) is 0.332. The van der Waals surface area contributed by atoms with E-state index in [1.165, 1.54) is 12.1 Å². The van der Waals surface area contributed by atoms with Gasteiger partial charge in [0, 0.05) is 35.6 Å². The van der Waals surface area contributed by atoms with Gasteiger partial charge in [0.05, 0.1) is 16.9 Å². The third kappa shape index (κ3) is 3.39. The van der Waals surface area contributed by atoms with Gasteiger partial charge in [-0.25, -0.2) is 9.87 Å². The Kier molecular flexibility index (Phi) is 5.15. The molecular formula is C27H23FN4O4. The first kappa shape index (κ1) is 22.1. The average Bonchev–Trinajstić information content (AvgIpc) is 3.27. The van der Waals surface area contributed by atoms with Crippen molar-refractivity contribution in [2.75, 3.05) is 18.5 Å². The van der Waals surface area contributed by atoms with Crippen LogP contribution < -0.4 is 15.1 Å². The lowest BCUT2D eigenvalue weighted by atomic mass is 9.96. The third-order valence-corrected chi connectivity index (χ3v) is 7.02. The predicted molar refractivity (Wildman–Crippen MR) is 131 cm³/mol. The summed E-state index contributed by atoms with van der Waals surface area (Å²) in [5, 5.41) is 10.0. The smallest absolute Gasteiger partial charge is 0.275 e. The van der Waals surface area contributed by atoms with Crippen LogP contribution in [0.25, 0.3) is 10.9 Å². The van der Waals surface area contributed by atoms with Crippen molar-refractivity contribution in [3.05, 3.63) is 94.4 Å². The molecule has 0 fully saturated rings. The van der Waals surface area contributed by atoms with Gasteiger partial charge in [0.1, 0.15) is 24.3 Å². The van der Waals surface area contributed by atoms with Crippen LogP contribution in [0.3, 0.4) is 0 Å². The van der Waals surface area contributed by atoms with Gasteiger partial charge in [-0.05, 0) is 54.4 Å². The van der Waals surface area contributed by atoms with Gasteiger partial charge in [0.25, 0.3) is 11.8 Å². The molecule has 3 heterocycles. The van der Waals surface area contributed by atoms with Crippen molar-refractivity contribution < 1.29 is 23.9 Å². The topological polar surface area (TPSA) is 97.9 Å². The Hall–Kier alpha value is -4.37. The number of aromatic amines is 1. The van der Waals surface area contributed by atoms with E-state index in [0.29, 0.717) is 41.1 Å². The summed E-state index contributed by atoms with van der Waals surface area (Å²) in [5.74, 6) is -0.555. The van der Waals surface area contributed by atoms with Gasteiger partial charge in [-0.1, -0.05) is 18.2 Å². The minimum Gasteiger partial charge on any atom is -0.489 e. The van der Waals surface area contributed by atoms with E-state index in [0.717, 1.165) is 22.2 Å². The van der Waals surface area contributed by atoms with Crippen molar-refractivity contribution in [1.82, 2.24) is 15.4 Å². The first-order valence-electron chi connectivity index (χ1n) is 11.6. The monoisotopic (exact) mass is 486 g/mol. The fourth-order valence-electron chi connectivity index (χ4n) is 5.32. The number of amides is 2. The highest BCUT2D eigenvalue weighted by atomic mass is 19.1. The van der Waals surface area contributed by atoms with E-state index in [9.17, 15) is 14.0 Å². The molecule has 3 N–H and O–H groups in total. The lowest BCUT2D eigenvalue weighted by Crippen LogP contribution is -2.51. The Morgan fingerprint density at radius 3 is 2.86 bits per heavy atom. The number of ether oxygens (including phenoxy) is 1. The molecule has 2 aliphatic heterocycles. The number of carbonyl (C=O) groups excluding carboxylic acids is 2. The van der Waals surface area contributed by atoms with E-state index >= 15 is 0 Å². The standard InChI is InChI=1S/C27H23FN4O4/c1-31-23-9-6-16(28)12-21(23)27(34)32-11-10-19-20-13-17(7-8-22(20)29-24(19)26(31)32)36-14-15-4-2-3-5-18(15)25(33)30-35/h2-9,12-13,26,29,35H,10-11,14H2,1H3,(H,30,33). The fourth-order valence-corrected chi connectivity index (χ4v) is 5.32. The van der Waals surface area contributed by atoms with E-state index < -0.39 is 11.7 Å². The molecule has 0 saturated heterocycles. The molecule has 3 aromatic carbocycles. The van der Waals surface area contributed by atoms with Gasteiger partial charge < -0.3 is 19.5 Å². The molecule has 0 radical (unpaired) electrons. The maximum Gasteiger partial charge on any atom is 0.275 e. The maximum atomic E-state index is 13.8. The third-order valence-electron chi connectivity index (χ3n) is 7.02. The van der Waals surface area contributed by atoms with Crippen LogP contribution in [0.5, 0.6) is 5.75 Å². The van der Waals surface area contributed by atoms with E-state index in [-0.39, 0.29) is 18.7 Å². The molecule has 4 aromatic rings. The van der Waals surface area contributed by atoms with Crippen LogP contribution in [0.4, 0.5) is 10.1 Å². The lowest BCUT2D eigenvalue weighted by molar-refractivity contribution is 0.0633. The Morgan fingerprint density at radius 1 is 1.19 bits per heavy atom. The zero-order valence-electron chi connectivity index (χ0n) is 19.4. The van der Waals surface area contributed by atoms with Crippen LogP contribution in [0, 0.1) is 5.82 Å². The number of hydrogen-bond donors (Lipinski definition) is 3. The number of carbonyl (C=O) groups is 2. The molecule has 1 atom stereocenters. The first-order valence-corrected chi connectivity index (χ1v) is 11.6. The molecule has 8 nitrogen and oxygen atoms in total. The number of halogens is 1. The second-order valence-corrected chi connectivity index (χ2v) is 9.01. The molecule has 182 valence electrons. The summed E-state index contributed by atoms with van der Waals surface area (Å²) in [6, 6.07) is 17.0. The molecule has 6 rings (SSSR count). The number of aromatic nitrogens is 1.